The Morgan fingerprint density at radius 2 is 1.91 bits per heavy atom. The van der Waals surface area contributed by atoms with E-state index in [4.69, 9.17) is 4.74 Å². The van der Waals surface area contributed by atoms with E-state index in [0.29, 0.717) is 18.8 Å². The maximum atomic E-state index is 12.7. The van der Waals surface area contributed by atoms with Gasteiger partial charge in [0.25, 0.3) is 0 Å². The number of aryl methyl sites for hydroxylation is 1. The second kappa shape index (κ2) is 5.91. The van der Waals surface area contributed by atoms with E-state index < -0.39 is 17.9 Å². The molecule has 3 atom stereocenters. The molecule has 2 rings (SSSR count). The predicted octanol–water partition coefficient (Wildman–Crippen LogP) is 2.41. The normalized spacial score (nSPS) is 24.4. The number of hydrogen-bond donors (Lipinski definition) is 0. The molecule has 1 fully saturated rings. The molecule has 0 aromatic carbocycles. The number of carbonyl (C=O) groups excluding carboxylic acids is 1. The van der Waals surface area contributed by atoms with E-state index in [9.17, 15) is 18.0 Å². The molecule has 0 N–H and O–H groups in total. The molecule has 0 bridgehead atoms. The van der Waals surface area contributed by atoms with Crippen LogP contribution in [0.2, 0.25) is 0 Å². The molecule has 1 saturated heterocycles. The molecule has 1 aromatic rings. The van der Waals surface area contributed by atoms with Crippen molar-refractivity contribution in [2.24, 2.45) is 0 Å². The lowest BCUT2D eigenvalue weighted by molar-refractivity contribution is -0.147. The van der Waals surface area contributed by atoms with Gasteiger partial charge in [-0.15, -0.1) is 0 Å². The van der Waals surface area contributed by atoms with E-state index in [-0.39, 0.29) is 18.1 Å². The van der Waals surface area contributed by atoms with Crippen LogP contribution in [0.3, 0.4) is 0 Å². The highest BCUT2D eigenvalue weighted by Crippen LogP contribution is 2.29. The molecule has 1 amide bonds. The Morgan fingerprint density at radius 1 is 1.36 bits per heavy atom. The number of alkyl halides is 3. The number of ether oxygens (including phenoxy) is 1. The zero-order valence-corrected chi connectivity index (χ0v) is 13.0. The van der Waals surface area contributed by atoms with Crippen molar-refractivity contribution in [3.63, 3.8) is 0 Å². The van der Waals surface area contributed by atoms with Gasteiger partial charge in [-0.25, -0.2) is 0 Å². The van der Waals surface area contributed by atoms with Crippen LogP contribution in [-0.2, 0) is 15.7 Å². The van der Waals surface area contributed by atoms with E-state index >= 15 is 0 Å². The van der Waals surface area contributed by atoms with Crippen molar-refractivity contribution in [3.8, 4) is 0 Å². The Bertz CT molecular complexity index is 546. The summed E-state index contributed by atoms with van der Waals surface area (Å²) in [6.45, 7) is 7.66. The summed E-state index contributed by atoms with van der Waals surface area (Å²) >= 11 is 0. The number of carbonyl (C=O) groups is 1. The fourth-order valence-electron chi connectivity index (χ4n) is 2.75. The Morgan fingerprint density at radius 3 is 2.36 bits per heavy atom. The largest absolute Gasteiger partial charge is 0.435 e. The summed E-state index contributed by atoms with van der Waals surface area (Å²) in [6, 6.07) is 0.169. The zero-order valence-electron chi connectivity index (χ0n) is 13.0. The van der Waals surface area contributed by atoms with Crippen LogP contribution < -0.4 is 0 Å². The summed E-state index contributed by atoms with van der Waals surface area (Å²) in [5.74, 6) is -0.248. The molecule has 0 aliphatic carbocycles. The third kappa shape index (κ3) is 3.43. The van der Waals surface area contributed by atoms with Gasteiger partial charge in [-0.1, -0.05) is 0 Å². The highest BCUT2D eigenvalue weighted by molar-refractivity contribution is 5.80. The third-order valence-corrected chi connectivity index (χ3v) is 3.67. The molecule has 0 radical (unpaired) electrons. The lowest BCUT2D eigenvalue weighted by Gasteiger charge is -2.36. The van der Waals surface area contributed by atoms with Gasteiger partial charge in [0.15, 0.2) is 5.69 Å². The van der Waals surface area contributed by atoms with Gasteiger partial charge in [0, 0.05) is 18.8 Å². The second-order valence-corrected chi connectivity index (χ2v) is 5.79. The van der Waals surface area contributed by atoms with Crippen molar-refractivity contribution in [1.82, 2.24) is 14.7 Å². The lowest BCUT2D eigenvalue weighted by atomic mass is 10.2. The number of morpholine rings is 1. The minimum absolute atomic E-state index is 0.0932. The van der Waals surface area contributed by atoms with E-state index in [1.54, 1.807) is 11.8 Å². The first-order valence-corrected chi connectivity index (χ1v) is 7.17. The van der Waals surface area contributed by atoms with Gasteiger partial charge < -0.3 is 9.64 Å². The van der Waals surface area contributed by atoms with Crippen LogP contribution in [0, 0.1) is 6.92 Å². The Labute approximate surface area is 127 Å². The number of nitrogens with zero attached hydrogens (tertiary/aromatic N) is 3. The first-order valence-electron chi connectivity index (χ1n) is 7.17. The van der Waals surface area contributed by atoms with Crippen LogP contribution in [-0.4, -0.2) is 45.9 Å². The van der Waals surface area contributed by atoms with Crippen molar-refractivity contribution >= 4 is 5.91 Å². The Kier molecular flexibility index (Phi) is 4.51. The number of rotatable bonds is 2. The summed E-state index contributed by atoms with van der Waals surface area (Å²) in [5, 5.41) is 3.55. The fraction of sp³-hybridized carbons (Fsp3) is 0.714. The van der Waals surface area contributed by atoms with Crippen LogP contribution in [0.25, 0.3) is 0 Å². The van der Waals surface area contributed by atoms with Crippen molar-refractivity contribution in [2.75, 3.05) is 13.1 Å². The van der Waals surface area contributed by atoms with Crippen molar-refractivity contribution in [2.45, 2.75) is 52.1 Å². The number of amides is 1. The SMILES string of the molecule is Cc1cc(C(F)(F)F)nn1[C@@H](C)C(=O)N1C[C@@H](C)O[C@H](C)C1. The summed E-state index contributed by atoms with van der Waals surface area (Å²) in [6.07, 6.45) is -4.70. The van der Waals surface area contributed by atoms with E-state index in [0.717, 1.165) is 10.7 Å². The summed E-state index contributed by atoms with van der Waals surface area (Å²) in [4.78, 5) is 14.2. The molecular weight excluding hydrogens is 299 g/mol. The zero-order chi connectivity index (χ0) is 16.7. The molecule has 1 aliphatic heterocycles. The van der Waals surface area contributed by atoms with Crippen LogP contribution in [0.15, 0.2) is 6.07 Å². The monoisotopic (exact) mass is 319 g/mol. The van der Waals surface area contributed by atoms with Crippen LogP contribution >= 0.6 is 0 Å². The van der Waals surface area contributed by atoms with Gasteiger partial charge >= 0.3 is 6.18 Å². The molecule has 124 valence electrons. The molecule has 1 aliphatic rings. The molecule has 0 saturated carbocycles. The van der Waals surface area contributed by atoms with Gasteiger partial charge in [0.05, 0.1) is 12.2 Å². The van der Waals surface area contributed by atoms with Gasteiger partial charge in [-0.2, -0.15) is 18.3 Å². The molecule has 22 heavy (non-hydrogen) atoms. The molecule has 5 nitrogen and oxygen atoms in total. The minimum atomic E-state index is -4.51. The molecule has 2 heterocycles. The van der Waals surface area contributed by atoms with E-state index in [1.165, 1.54) is 6.92 Å². The molecular formula is C14H20F3N3O2. The number of aromatic nitrogens is 2. The molecule has 0 spiro atoms. The van der Waals surface area contributed by atoms with Crippen LogP contribution in [0.5, 0.6) is 0 Å². The van der Waals surface area contributed by atoms with Gasteiger partial charge in [-0.3, -0.25) is 9.48 Å². The number of halogens is 3. The highest BCUT2D eigenvalue weighted by atomic mass is 19.4. The quantitative estimate of drug-likeness (QED) is 0.841. The highest BCUT2D eigenvalue weighted by Gasteiger charge is 2.36. The Balaban J connectivity index is 2.19. The van der Waals surface area contributed by atoms with E-state index in [1.807, 2.05) is 13.8 Å². The molecule has 8 heteroatoms. The van der Waals surface area contributed by atoms with E-state index in [2.05, 4.69) is 5.10 Å². The summed E-state index contributed by atoms with van der Waals surface area (Å²) < 4.78 is 44.8. The standard InChI is InChI=1S/C14H20F3N3O2/c1-8-5-12(14(15,16)17)18-20(8)11(4)13(21)19-6-9(2)22-10(3)7-19/h5,9-11H,6-7H2,1-4H3/t9-,10-,11+/m1/s1. The summed E-state index contributed by atoms with van der Waals surface area (Å²) in [5.41, 5.74) is -0.670. The first-order chi connectivity index (χ1) is 10.1. The van der Waals surface area contributed by atoms with Crippen molar-refractivity contribution < 1.29 is 22.7 Å². The summed E-state index contributed by atoms with van der Waals surface area (Å²) in [7, 11) is 0. The van der Waals surface area contributed by atoms with Crippen molar-refractivity contribution in [3.05, 3.63) is 17.5 Å². The maximum Gasteiger partial charge on any atom is 0.435 e. The van der Waals surface area contributed by atoms with Gasteiger partial charge in [0.1, 0.15) is 6.04 Å². The number of hydrogen-bond acceptors (Lipinski definition) is 3. The Hall–Kier alpha value is -1.57. The fourth-order valence-corrected chi connectivity index (χ4v) is 2.75. The average Bonchev–Trinajstić information content (AvgIpc) is 2.78. The third-order valence-electron chi connectivity index (χ3n) is 3.67. The lowest BCUT2D eigenvalue weighted by Crippen LogP contribution is -2.50. The van der Waals surface area contributed by atoms with Gasteiger partial charge in [0.2, 0.25) is 5.91 Å². The van der Waals surface area contributed by atoms with Crippen LogP contribution in [0.4, 0.5) is 13.2 Å². The molecule has 1 aromatic heterocycles. The first kappa shape index (κ1) is 16.8. The second-order valence-electron chi connectivity index (χ2n) is 5.79. The molecule has 0 unspecified atom stereocenters. The van der Waals surface area contributed by atoms with Gasteiger partial charge in [-0.05, 0) is 33.8 Å². The maximum absolute atomic E-state index is 12.7. The average molecular weight is 319 g/mol. The van der Waals surface area contributed by atoms with Crippen LogP contribution in [0.1, 0.15) is 38.2 Å². The smallest absolute Gasteiger partial charge is 0.372 e. The van der Waals surface area contributed by atoms with Crippen molar-refractivity contribution in [1.29, 1.82) is 0 Å². The topological polar surface area (TPSA) is 47.4 Å². The minimum Gasteiger partial charge on any atom is -0.372 e. The predicted molar refractivity (Wildman–Crippen MR) is 73.3 cm³/mol.